The lowest BCUT2D eigenvalue weighted by molar-refractivity contribution is 0.267. The van der Waals surface area contributed by atoms with Gasteiger partial charge in [-0.25, -0.2) is 0 Å². The van der Waals surface area contributed by atoms with Gasteiger partial charge in [-0.3, -0.25) is 0 Å². The van der Waals surface area contributed by atoms with Crippen molar-refractivity contribution in [1.82, 2.24) is 0 Å². The molecule has 0 saturated heterocycles. The lowest BCUT2D eigenvalue weighted by atomic mass is 9.51. The van der Waals surface area contributed by atoms with Crippen LogP contribution in [0.1, 0.15) is 74.6 Å². The third-order valence-corrected chi connectivity index (χ3v) is 10.9. The molecular formula is C34H30Br4. The first-order valence-corrected chi connectivity index (χ1v) is 16.8. The molecule has 0 N–H and O–H groups in total. The average molecular weight is 758 g/mol. The highest BCUT2D eigenvalue weighted by atomic mass is 79.9. The Morgan fingerprint density at radius 1 is 0.447 bits per heavy atom. The molecular weight excluding hydrogens is 728 g/mol. The lowest BCUT2D eigenvalue weighted by Gasteiger charge is -2.50. The van der Waals surface area contributed by atoms with Crippen molar-refractivity contribution in [1.29, 1.82) is 0 Å². The fraction of sp³-hybridized carbons (Fsp3) is 0.294. The Bertz CT molecular complexity index is 1330. The van der Waals surface area contributed by atoms with Crippen molar-refractivity contribution in [2.75, 3.05) is 0 Å². The third-order valence-electron chi connectivity index (χ3n) is 8.89. The van der Waals surface area contributed by atoms with Crippen molar-refractivity contribution >= 4 is 63.7 Å². The summed E-state index contributed by atoms with van der Waals surface area (Å²) >= 11 is 15.5. The summed E-state index contributed by atoms with van der Waals surface area (Å²) < 4.78 is 4.60. The largest absolute Gasteiger partial charge is 0.0654 e. The van der Waals surface area contributed by atoms with Gasteiger partial charge in [0.1, 0.15) is 0 Å². The zero-order valence-electron chi connectivity index (χ0n) is 21.7. The molecule has 0 amide bonds. The molecule has 2 aliphatic carbocycles. The molecule has 2 aliphatic rings. The van der Waals surface area contributed by atoms with Crippen LogP contribution in [0.3, 0.4) is 0 Å². The molecule has 0 spiro atoms. The Labute approximate surface area is 260 Å². The molecule has 4 heteroatoms. The van der Waals surface area contributed by atoms with Gasteiger partial charge in [-0.05, 0) is 106 Å². The zero-order chi connectivity index (χ0) is 26.7. The second-order valence-electron chi connectivity index (χ2n) is 10.8. The predicted octanol–water partition coefficient (Wildman–Crippen LogP) is 12.4. The van der Waals surface area contributed by atoms with E-state index in [1.165, 1.54) is 57.3 Å². The highest BCUT2D eigenvalue weighted by Crippen LogP contribution is 2.69. The molecule has 0 aromatic heterocycles. The maximum absolute atomic E-state index is 3.89. The van der Waals surface area contributed by atoms with Crippen LogP contribution in [0.5, 0.6) is 0 Å². The van der Waals surface area contributed by atoms with Crippen molar-refractivity contribution in [3.05, 3.63) is 113 Å². The molecule has 0 atom stereocenters. The molecule has 194 valence electrons. The van der Waals surface area contributed by atoms with Crippen LogP contribution >= 0.6 is 63.7 Å². The average Bonchev–Trinajstić information content (AvgIpc) is 3.32. The molecule has 0 fully saturated rings. The van der Waals surface area contributed by atoms with Gasteiger partial charge in [0.05, 0.1) is 0 Å². The maximum Gasteiger partial charge on any atom is 0.0353 e. The Balaban J connectivity index is 1.84. The van der Waals surface area contributed by atoms with Gasteiger partial charge in [0, 0.05) is 28.7 Å². The molecule has 0 radical (unpaired) electrons. The number of hydrogen-bond acceptors (Lipinski definition) is 0. The third kappa shape index (κ3) is 3.84. The minimum absolute atomic E-state index is 0.210. The van der Waals surface area contributed by atoms with Crippen LogP contribution in [-0.2, 0) is 10.8 Å². The smallest absolute Gasteiger partial charge is 0.0353 e. The summed E-state index contributed by atoms with van der Waals surface area (Å²) in [5, 5.41) is 0. The van der Waals surface area contributed by atoms with Gasteiger partial charge in [0.15, 0.2) is 0 Å². The lowest BCUT2D eigenvalue weighted by Crippen LogP contribution is -2.49. The van der Waals surface area contributed by atoms with Crippen molar-refractivity contribution in [2.24, 2.45) is 0 Å². The van der Waals surface area contributed by atoms with Crippen LogP contribution in [-0.4, -0.2) is 0 Å². The van der Waals surface area contributed by atoms with Gasteiger partial charge in [-0.15, -0.1) is 0 Å². The fourth-order valence-electron chi connectivity index (χ4n) is 7.48. The standard InChI is InChI=1S/C34H30Br4/c1-3-5-15-33(29-17-21(35)7-11-25(29)26-12-8-22(36)18-30(26)33)34(16-6-4-2)31-19-23(37)9-13-27(31)28-14-10-24(38)20-32(28)34/h7-14,17-20H,3-6,15-16H2,1-2H3. The van der Waals surface area contributed by atoms with E-state index >= 15 is 0 Å². The van der Waals surface area contributed by atoms with Crippen LogP contribution < -0.4 is 0 Å². The minimum atomic E-state index is -0.210. The van der Waals surface area contributed by atoms with E-state index in [1.54, 1.807) is 0 Å². The van der Waals surface area contributed by atoms with E-state index < -0.39 is 0 Å². The number of halogens is 4. The van der Waals surface area contributed by atoms with Crippen molar-refractivity contribution in [3.8, 4) is 22.3 Å². The summed E-state index contributed by atoms with van der Waals surface area (Å²) in [5.41, 5.74) is 10.9. The molecule has 38 heavy (non-hydrogen) atoms. The van der Waals surface area contributed by atoms with Crippen LogP contribution in [0.25, 0.3) is 22.3 Å². The van der Waals surface area contributed by atoms with Crippen molar-refractivity contribution in [3.63, 3.8) is 0 Å². The highest BCUT2D eigenvalue weighted by molar-refractivity contribution is 9.11. The van der Waals surface area contributed by atoms with E-state index in [1.807, 2.05) is 0 Å². The van der Waals surface area contributed by atoms with E-state index in [0.29, 0.717) is 0 Å². The summed E-state index contributed by atoms with van der Waals surface area (Å²) in [6, 6.07) is 27.9. The monoisotopic (exact) mass is 754 g/mol. The second kappa shape index (κ2) is 10.3. The Hall–Kier alpha value is -1.20. The number of unbranched alkanes of at least 4 members (excludes halogenated alkanes) is 2. The molecule has 0 heterocycles. The number of benzene rings is 4. The van der Waals surface area contributed by atoms with Crippen LogP contribution in [0.15, 0.2) is 90.7 Å². The normalized spacial score (nSPS) is 15.6. The maximum atomic E-state index is 3.89. The minimum Gasteiger partial charge on any atom is -0.0654 e. The molecule has 0 unspecified atom stereocenters. The number of rotatable bonds is 7. The van der Waals surface area contributed by atoms with Gasteiger partial charge in [-0.2, -0.15) is 0 Å². The van der Waals surface area contributed by atoms with Gasteiger partial charge in [0.2, 0.25) is 0 Å². The molecule has 4 aromatic carbocycles. The van der Waals surface area contributed by atoms with Crippen LogP contribution in [0.2, 0.25) is 0 Å². The van der Waals surface area contributed by atoms with Gasteiger partial charge < -0.3 is 0 Å². The summed E-state index contributed by atoms with van der Waals surface area (Å²) in [7, 11) is 0. The summed E-state index contributed by atoms with van der Waals surface area (Å²) in [6.07, 6.45) is 6.84. The van der Waals surface area contributed by atoms with Crippen molar-refractivity contribution in [2.45, 2.75) is 63.2 Å². The van der Waals surface area contributed by atoms with Gasteiger partial charge in [0.25, 0.3) is 0 Å². The molecule has 0 aliphatic heterocycles. The summed E-state index contributed by atoms with van der Waals surface area (Å²) in [4.78, 5) is 0. The van der Waals surface area contributed by atoms with E-state index in [4.69, 9.17) is 0 Å². The Morgan fingerprint density at radius 2 is 0.711 bits per heavy atom. The SMILES string of the molecule is CCCCC1(C2(CCCC)c3cc(Br)ccc3-c3ccc(Br)cc32)c2cc(Br)ccc2-c2ccc(Br)cc21. The quantitative estimate of drug-likeness (QED) is 0.176. The fourth-order valence-corrected chi connectivity index (χ4v) is 8.92. The predicted molar refractivity (Wildman–Crippen MR) is 175 cm³/mol. The van der Waals surface area contributed by atoms with Crippen LogP contribution in [0, 0.1) is 0 Å². The zero-order valence-corrected chi connectivity index (χ0v) is 28.0. The topological polar surface area (TPSA) is 0 Å². The molecule has 0 nitrogen and oxygen atoms in total. The van der Waals surface area contributed by atoms with Gasteiger partial charge in [-0.1, -0.05) is 128 Å². The molecule has 0 saturated carbocycles. The first kappa shape index (κ1) is 27.0. The Kier molecular flexibility index (Phi) is 7.33. The second-order valence-corrected chi connectivity index (χ2v) is 14.4. The Morgan fingerprint density at radius 3 is 0.947 bits per heavy atom. The first-order valence-electron chi connectivity index (χ1n) is 13.6. The molecule has 4 aromatic rings. The van der Waals surface area contributed by atoms with Crippen molar-refractivity contribution < 1.29 is 0 Å². The van der Waals surface area contributed by atoms with Gasteiger partial charge >= 0.3 is 0 Å². The van der Waals surface area contributed by atoms with E-state index in [9.17, 15) is 0 Å². The number of hydrogen-bond donors (Lipinski definition) is 0. The summed E-state index contributed by atoms with van der Waals surface area (Å²) in [5.74, 6) is 0. The van der Waals surface area contributed by atoms with Crippen LogP contribution in [0.4, 0.5) is 0 Å². The van der Waals surface area contributed by atoms with E-state index in [0.717, 1.165) is 43.6 Å². The molecule has 0 bridgehead atoms. The van der Waals surface area contributed by atoms with E-state index in [2.05, 4.69) is 150 Å². The summed E-state index contributed by atoms with van der Waals surface area (Å²) in [6.45, 7) is 4.66. The number of fused-ring (bicyclic) bond motifs is 6. The molecule has 6 rings (SSSR count). The van der Waals surface area contributed by atoms with E-state index in [-0.39, 0.29) is 10.8 Å². The highest BCUT2D eigenvalue weighted by Gasteiger charge is 2.61. The first-order chi connectivity index (χ1) is 18.4.